The number of rotatable bonds is 4. The monoisotopic (exact) mass is 345 g/mol. The Hall–Kier alpha value is -3.41. The predicted octanol–water partition coefficient (Wildman–Crippen LogP) is 4.18. The van der Waals surface area contributed by atoms with E-state index < -0.39 is 0 Å². The quantitative estimate of drug-likeness (QED) is 0.601. The van der Waals surface area contributed by atoms with Crippen molar-refractivity contribution in [3.05, 3.63) is 66.4 Å². The Morgan fingerprint density at radius 1 is 1.04 bits per heavy atom. The lowest BCUT2D eigenvalue weighted by Gasteiger charge is -2.09. The molecule has 0 fully saturated rings. The number of ether oxygens (including phenoxy) is 1. The molecule has 0 aliphatic rings. The highest BCUT2D eigenvalue weighted by Gasteiger charge is 2.17. The highest BCUT2D eigenvalue weighted by Crippen LogP contribution is 2.32. The molecule has 0 atom stereocenters. The minimum atomic E-state index is 0.774. The second-order valence-corrected chi connectivity index (χ2v) is 6.03. The van der Waals surface area contributed by atoms with E-state index in [2.05, 4.69) is 38.7 Å². The van der Waals surface area contributed by atoms with E-state index in [-0.39, 0.29) is 0 Å². The van der Waals surface area contributed by atoms with Crippen molar-refractivity contribution in [1.82, 2.24) is 19.5 Å². The van der Waals surface area contributed by atoms with Crippen molar-refractivity contribution in [2.24, 2.45) is 0 Å². The van der Waals surface area contributed by atoms with Gasteiger partial charge in [-0.1, -0.05) is 0 Å². The van der Waals surface area contributed by atoms with Crippen molar-refractivity contribution in [3.8, 4) is 11.4 Å². The smallest absolute Gasteiger partial charge is 0.150 e. The summed E-state index contributed by atoms with van der Waals surface area (Å²) in [4.78, 5) is 13.2. The maximum absolute atomic E-state index is 5.26. The Balaban J connectivity index is 1.87. The summed E-state index contributed by atoms with van der Waals surface area (Å²) >= 11 is 0. The fourth-order valence-corrected chi connectivity index (χ4v) is 3.11. The lowest BCUT2D eigenvalue weighted by atomic mass is 10.2. The minimum absolute atomic E-state index is 0.774. The Morgan fingerprint density at radius 2 is 1.85 bits per heavy atom. The Kier molecular flexibility index (Phi) is 4.01. The molecule has 6 heteroatoms. The van der Waals surface area contributed by atoms with Gasteiger partial charge in [-0.15, -0.1) is 0 Å². The molecule has 0 bridgehead atoms. The average molecular weight is 345 g/mol. The van der Waals surface area contributed by atoms with E-state index in [9.17, 15) is 0 Å². The standard InChI is InChI=1S/C20H19N5O/c1-13-14(2)25(16-6-8-17(26-3)9-7-16)20-18(13)19(22-12-23-20)24-15-5-4-10-21-11-15/h4-12H,1-3H3,(H,22,23,24). The van der Waals surface area contributed by atoms with E-state index in [0.717, 1.165) is 45.2 Å². The number of aromatic nitrogens is 4. The van der Waals surface area contributed by atoms with Gasteiger partial charge < -0.3 is 10.1 Å². The van der Waals surface area contributed by atoms with E-state index in [1.807, 2.05) is 36.4 Å². The van der Waals surface area contributed by atoms with Crippen LogP contribution in [-0.2, 0) is 0 Å². The van der Waals surface area contributed by atoms with Gasteiger partial charge in [0.15, 0.2) is 5.65 Å². The molecule has 0 aliphatic heterocycles. The predicted molar refractivity (Wildman–Crippen MR) is 102 cm³/mol. The molecule has 1 aromatic carbocycles. The number of benzene rings is 1. The molecule has 0 saturated carbocycles. The molecule has 0 amide bonds. The zero-order chi connectivity index (χ0) is 18.1. The first-order chi connectivity index (χ1) is 12.7. The highest BCUT2D eigenvalue weighted by atomic mass is 16.5. The summed E-state index contributed by atoms with van der Waals surface area (Å²) in [5, 5.41) is 4.36. The lowest BCUT2D eigenvalue weighted by Crippen LogP contribution is -1.99. The van der Waals surface area contributed by atoms with Crippen molar-refractivity contribution in [1.29, 1.82) is 0 Å². The minimum Gasteiger partial charge on any atom is -0.497 e. The van der Waals surface area contributed by atoms with Crippen LogP contribution in [-0.4, -0.2) is 26.6 Å². The van der Waals surface area contributed by atoms with Gasteiger partial charge in [-0.05, 0) is 55.8 Å². The summed E-state index contributed by atoms with van der Waals surface area (Å²) in [6.07, 6.45) is 5.10. The molecule has 6 nitrogen and oxygen atoms in total. The third kappa shape index (κ3) is 2.65. The molecule has 4 rings (SSSR count). The van der Waals surface area contributed by atoms with E-state index in [1.54, 1.807) is 25.8 Å². The normalized spacial score (nSPS) is 10.9. The summed E-state index contributed by atoms with van der Waals surface area (Å²) in [6, 6.07) is 11.8. The molecule has 3 heterocycles. The molecular formula is C20H19N5O. The van der Waals surface area contributed by atoms with Crippen LogP contribution in [0.25, 0.3) is 16.7 Å². The van der Waals surface area contributed by atoms with Gasteiger partial charge in [0.25, 0.3) is 0 Å². The zero-order valence-electron chi connectivity index (χ0n) is 14.9. The molecule has 3 aromatic heterocycles. The maximum atomic E-state index is 5.26. The Labute approximate surface area is 151 Å². The van der Waals surface area contributed by atoms with Crippen LogP contribution in [0.4, 0.5) is 11.5 Å². The maximum Gasteiger partial charge on any atom is 0.150 e. The summed E-state index contributed by atoms with van der Waals surface area (Å²) in [5.41, 5.74) is 5.06. The second-order valence-electron chi connectivity index (χ2n) is 6.03. The van der Waals surface area contributed by atoms with Crippen LogP contribution in [0.15, 0.2) is 55.1 Å². The van der Waals surface area contributed by atoms with Crippen LogP contribution in [0.3, 0.4) is 0 Å². The summed E-state index contributed by atoms with van der Waals surface area (Å²) in [6.45, 7) is 4.19. The molecule has 26 heavy (non-hydrogen) atoms. The van der Waals surface area contributed by atoms with Crippen LogP contribution in [0.2, 0.25) is 0 Å². The van der Waals surface area contributed by atoms with Crippen LogP contribution in [0.1, 0.15) is 11.3 Å². The van der Waals surface area contributed by atoms with Gasteiger partial charge in [0, 0.05) is 17.6 Å². The summed E-state index contributed by atoms with van der Waals surface area (Å²) in [7, 11) is 1.67. The third-order valence-corrected chi connectivity index (χ3v) is 4.55. The number of fused-ring (bicyclic) bond motifs is 1. The van der Waals surface area contributed by atoms with Gasteiger partial charge in [0.05, 0.1) is 24.4 Å². The molecule has 0 radical (unpaired) electrons. The van der Waals surface area contributed by atoms with Crippen molar-refractivity contribution in [3.63, 3.8) is 0 Å². The molecule has 0 aliphatic carbocycles. The first kappa shape index (κ1) is 16.1. The number of nitrogens with zero attached hydrogens (tertiary/aromatic N) is 4. The summed E-state index contributed by atoms with van der Waals surface area (Å²) < 4.78 is 7.40. The van der Waals surface area contributed by atoms with Gasteiger partial charge in [0.1, 0.15) is 17.9 Å². The van der Waals surface area contributed by atoms with E-state index in [4.69, 9.17) is 4.74 Å². The van der Waals surface area contributed by atoms with Crippen molar-refractivity contribution >= 4 is 22.5 Å². The van der Waals surface area contributed by atoms with Crippen LogP contribution >= 0.6 is 0 Å². The fourth-order valence-electron chi connectivity index (χ4n) is 3.11. The first-order valence-electron chi connectivity index (χ1n) is 8.33. The van der Waals surface area contributed by atoms with E-state index in [1.165, 1.54) is 0 Å². The van der Waals surface area contributed by atoms with Crippen molar-refractivity contribution < 1.29 is 4.74 Å². The second kappa shape index (κ2) is 6.48. The molecule has 0 unspecified atom stereocenters. The third-order valence-electron chi connectivity index (χ3n) is 4.55. The lowest BCUT2D eigenvalue weighted by molar-refractivity contribution is 0.415. The van der Waals surface area contributed by atoms with E-state index in [0.29, 0.717) is 0 Å². The largest absolute Gasteiger partial charge is 0.497 e. The van der Waals surface area contributed by atoms with E-state index >= 15 is 0 Å². The molecule has 0 saturated heterocycles. The summed E-state index contributed by atoms with van der Waals surface area (Å²) in [5.74, 6) is 1.60. The van der Waals surface area contributed by atoms with Crippen LogP contribution < -0.4 is 10.1 Å². The van der Waals surface area contributed by atoms with Gasteiger partial charge >= 0.3 is 0 Å². The van der Waals surface area contributed by atoms with Gasteiger partial charge in [-0.3, -0.25) is 9.55 Å². The number of hydrogen-bond acceptors (Lipinski definition) is 5. The first-order valence-corrected chi connectivity index (χ1v) is 8.33. The number of aryl methyl sites for hydroxylation is 1. The SMILES string of the molecule is COc1ccc(-n2c(C)c(C)c3c(Nc4cccnc4)ncnc32)cc1. The van der Waals surface area contributed by atoms with Crippen LogP contribution in [0, 0.1) is 13.8 Å². The number of nitrogens with one attached hydrogen (secondary N) is 1. The van der Waals surface area contributed by atoms with Crippen molar-refractivity contribution in [2.45, 2.75) is 13.8 Å². The molecule has 130 valence electrons. The topological polar surface area (TPSA) is 64.9 Å². The highest BCUT2D eigenvalue weighted by molar-refractivity contribution is 5.94. The number of pyridine rings is 1. The Bertz CT molecular complexity index is 1060. The van der Waals surface area contributed by atoms with Crippen LogP contribution in [0.5, 0.6) is 5.75 Å². The number of methoxy groups -OCH3 is 1. The number of anilines is 2. The zero-order valence-corrected chi connectivity index (χ0v) is 14.9. The molecule has 4 aromatic rings. The average Bonchev–Trinajstić information content (AvgIpc) is 2.94. The van der Waals surface area contributed by atoms with Gasteiger partial charge in [-0.2, -0.15) is 0 Å². The Morgan fingerprint density at radius 3 is 2.54 bits per heavy atom. The molecular weight excluding hydrogens is 326 g/mol. The van der Waals surface area contributed by atoms with Gasteiger partial charge in [-0.25, -0.2) is 9.97 Å². The molecule has 1 N–H and O–H groups in total. The van der Waals surface area contributed by atoms with Gasteiger partial charge in [0.2, 0.25) is 0 Å². The number of hydrogen-bond donors (Lipinski definition) is 1. The molecule has 0 spiro atoms. The van der Waals surface area contributed by atoms with Crippen molar-refractivity contribution in [2.75, 3.05) is 12.4 Å². The fraction of sp³-hybridized carbons (Fsp3) is 0.150.